The zero-order valence-electron chi connectivity index (χ0n) is 13.9. The minimum absolute atomic E-state index is 0.153. The summed E-state index contributed by atoms with van der Waals surface area (Å²) in [6, 6.07) is 6.95. The van der Waals surface area contributed by atoms with Gasteiger partial charge in [-0.2, -0.15) is 13.2 Å². The Bertz CT molecular complexity index is 1020. The van der Waals surface area contributed by atoms with E-state index in [1.165, 1.54) is 18.2 Å². The molecule has 0 aliphatic rings. The molecule has 1 aromatic carbocycles. The first-order chi connectivity index (χ1) is 12.7. The van der Waals surface area contributed by atoms with E-state index in [1.807, 2.05) is 0 Å². The van der Waals surface area contributed by atoms with Gasteiger partial charge in [-0.3, -0.25) is 19.5 Å². The number of rotatable bonds is 4. The second-order valence-corrected chi connectivity index (χ2v) is 5.70. The topological polar surface area (TPSA) is 90.0 Å². The van der Waals surface area contributed by atoms with E-state index in [2.05, 4.69) is 15.5 Å². The molecule has 2 heterocycles. The number of nitrogens with one attached hydrogen (secondary N) is 1. The van der Waals surface area contributed by atoms with Crippen LogP contribution in [-0.2, 0) is 17.5 Å². The van der Waals surface area contributed by atoms with Gasteiger partial charge in [0.2, 0.25) is 11.8 Å². The zero-order valence-corrected chi connectivity index (χ0v) is 13.9. The van der Waals surface area contributed by atoms with Crippen LogP contribution >= 0.6 is 0 Å². The minimum atomic E-state index is -4.44. The van der Waals surface area contributed by atoms with E-state index < -0.39 is 23.2 Å². The Morgan fingerprint density at radius 3 is 2.48 bits per heavy atom. The van der Waals surface area contributed by atoms with Crippen LogP contribution in [0, 0.1) is 6.92 Å². The van der Waals surface area contributed by atoms with E-state index in [1.54, 1.807) is 6.92 Å². The Balaban J connectivity index is 1.73. The molecule has 10 heteroatoms. The minimum Gasteiger partial charge on any atom is -0.338 e. The van der Waals surface area contributed by atoms with Crippen LogP contribution < -0.4 is 10.9 Å². The van der Waals surface area contributed by atoms with Crippen LogP contribution in [0.1, 0.15) is 11.3 Å². The molecule has 7 nitrogen and oxygen atoms in total. The molecule has 2 aromatic heterocycles. The van der Waals surface area contributed by atoms with Crippen molar-refractivity contribution in [3.8, 4) is 11.3 Å². The standard InChI is InChI=1S/C17H13F3N4O3/c1-10-6-15(27-23-10)22-14(25)8-24-9-21-13(7-16(24)26)11-2-4-12(5-3-11)17(18,19)20/h2-7,9H,8H2,1H3,(H,22,25). The van der Waals surface area contributed by atoms with Crippen LogP contribution in [0.25, 0.3) is 11.3 Å². The van der Waals surface area contributed by atoms with E-state index in [4.69, 9.17) is 4.52 Å². The molecule has 0 fully saturated rings. The maximum atomic E-state index is 12.6. The first kappa shape index (κ1) is 18.4. The highest BCUT2D eigenvalue weighted by Crippen LogP contribution is 2.30. The molecule has 140 valence electrons. The van der Waals surface area contributed by atoms with Gasteiger partial charge in [0.1, 0.15) is 6.54 Å². The number of aromatic nitrogens is 3. The quantitative estimate of drug-likeness (QED) is 0.754. The highest BCUT2D eigenvalue weighted by Gasteiger charge is 2.30. The van der Waals surface area contributed by atoms with Gasteiger partial charge in [-0.05, 0) is 19.1 Å². The van der Waals surface area contributed by atoms with E-state index in [9.17, 15) is 22.8 Å². The van der Waals surface area contributed by atoms with Gasteiger partial charge in [0, 0.05) is 17.7 Å². The fourth-order valence-electron chi connectivity index (χ4n) is 2.29. The van der Waals surface area contributed by atoms with Crippen LogP contribution in [0.3, 0.4) is 0 Å². The monoisotopic (exact) mass is 378 g/mol. The Kier molecular flexibility index (Phi) is 4.80. The van der Waals surface area contributed by atoms with Gasteiger partial charge in [-0.15, -0.1) is 0 Å². The fourth-order valence-corrected chi connectivity index (χ4v) is 2.29. The van der Waals surface area contributed by atoms with Crippen LogP contribution in [0.2, 0.25) is 0 Å². The number of hydrogen-bond acceptors (Lipinski definition) is 5. The summed E-state index contributed by atoms with van der Waals surface area (Å²) in [7, 11) is 0. The molecule has 0 spiro atoms. The first-order valence-electron chi connectivity index (χ1n) is 7.69. The van der Waals surface area contributed by atoms with Crippen LogP contribution in [0.5, 0.6) is 0 Å². The molecule has 0 atom stereocenters. The second-order valence-electron chi connectivity index (χ2n) is 5.70. The Labute approximate surface area is 150 Å². The van der Waals surface area contributed by atoms with Crippen molar-refractivity contribution in [3.63, 3.8) is 0 Å². The van der Waals surface area contributed by atoms with Crippen molar-refractivity contribution in [2.75, 3.05) is 5.32 Å². The van der Waals surface area contributed by atoms with Gasteiger partial charge in [-0.1, -0.05) is 17.3 Å². The molecule has 1 N–H and O–H groups in total. The number of nitrogens with zero attached hydrogens (tertiary/aromatic N) is 3. The summed E-state index contributed by atoms with van der Waals surface area (Å²) in [5, 5.41) is 6.06. The van der Waals surface area contributed by atoms with E-state index in [0.29, 0.717) is 11.3 Å². The van der Waals surface area contributed by atoms with Crippen molar-refractivity contribution in [1.29, 1.82) is 0 Å². The van der Waals surface area contributed by atoms with Gasteiger partial charge >= 0.3 is 6.18 Å². The van der Waals surface area contributed by atoms with Gasteiger partial charge in [0.05, 0.1) is 23.3 Å². The summed E-state index contributed by atoms with van der Waals surface area (Å²) in [5.74, 6) is -0.364. The average molecular weight is 378 g/mol. The van der Waals surface area contributed by atoms with Gasteiger partial charge < -0.3 is 4.52 Å². The summed E-state index contributed by atoms with van der Waals surface area (Å²) < 4.78 is 43.7. The number of benzene rings is 1. The lowest BCUT2D eigenvalue weighted by molar-refractivity contribution is -0.137. The van der Waals surface area contributed by atoms with Gasteiger partial charge in [0.25, 0.3) is 5.56 Å². The van der Waals surface area contributed by atoms with E-state index in [0.717, 1.165) is 29.1 Å². The summed E-state index contributed by atoms with van der Waals surface area (Å²) in [5.41, 5.74) is -0.169. The van der Waals surface area contributed by atoms with E-state index >= 15 is 0 Å². The molecule has 1 amide bonds. The molecule has 0 aliphatic carbocycles. The number of aryl methyl sites for hydroxylation is 1. The van der Waals surface area contributed by atoms with Crippen molar-refractivity contribution >= 4 is 11.8 Å². The number of anilines is 1. The molecule has 3 aromatic rings. The van der Waals surface area contributed by atoms with Crippen LogP contribution in [0.15, 0.2) is 52.0 Å². The molecule has 0 saturated carbocycles. The number of carbonyl (C=O) groups is 1. The van der Waals surface area contributed by atoms with Crippen molar-refractivity contribution < 1.29 is 22.5 Å². The molecule has 0 unspecified atom stereocenters. The normalized spacial score (nSPS) is 11.4. The van der Waals surface area contributed by atoms with Gasteiger partial charge in [-0.25, -0.2) is 4.98 Å². The lowest BCUT2D eigenvalue weighted by Crippen LogP contribution is -2.27. The smallest absolute Gasteiger partial charge is 0.338 e. The highest BCUT2D eigenvalue weighted by molar-refractivity contribution is 5.89. The third kappa shape index (κ3) is 4.40. The second kappa shape index (κ2) is 7.06. The molecule has 0 radical (unpaired) electrons. The zero-order chi connectivity index (χ0) is 19.6. The highest BCUT2D eigenvalue weighted by atomic mass is 19.4. The summed E-state index contributed by atoms with van der Waals surface area (Å²) >= 11 is 0. The van der Waals surface area contributed by atoms with E-state index in [-0.39, 0.29) is 18.1 Å². The number of hydrogen-bond donors (Lipinski definition) is 1. The average Bonchev–Trinajstić information content (AvgIpc) is 3.01. The number of carbonyl (C=O) groups excluding carboxylic acids is 1. The number of amides is 1. The lowest BCUT2D eigenvalue weighted by atomic mass is 10.1. The first-order valence-corrected chi connectivity index (χ1v) is 7.69. The fraction of sp³-hybridized carbons (Fsp3) is 0.176. The van der Waals surface area contributed by atoms with Gasteiger partial charge in [0.15, 0.2) is 0 Å². The third-order valence-corrected chi connectivity index (χ3v) is 3.59. The Hall–Kier alpha value is -3.43. The Morgan fingerprint density at radius 2 is 1.93 bits per heavy atom. The summed E-state index contributed by atoms with van der Waals surface area (Å²) in [6.45, 7) is 1.38. The maximum absolute atomic E-state index is 12.6. The Morgan fingerprint density at radius 1 is 1.22 bits per heavy atom. The third-order valence-electron chi connectivity index (χ3n) is 3.59. The van der Waals surface area contributed by atoms with Crippen molar-refractivity contribution in [3.05, 3.63) is 64.3 Å². The maximum Gasteiger partial charge on any atom is 0.416 e. The number of alkyl halides is 3. The van der Waals surface area contributed by atoms with Crippen molar-refractivity contribution in [1.82, 2.24) is 14.7 Å². The SMILES string of the molecule is Cc1cc(NC(=O)Cn2cnc(-c3ccc(C(F)(F)F)cc3)cc2=O)on1. The molecular weight excluding hydrogens is 365 g/mol. The molecule has 0 aliphatic heterocycles. The summed E-state index contributed by atoms with van der Waals surface area (Å²) in [6.07, 6.45) is -3.29. The molecule has 0 bridgehead atoms. The predicted molar refractivity (Wildman–Crippen MR) is 88.8 cm³/mol. The lowest BCUT2D eigenvalue weighted by Gasteiger charge is -2.08. The van der Waals surface area contributed by atoms with Crippen LogP contribution in [-0.4, -0.2) is 20.6 Å². The molecular formula is C17H13F3N4O3. The van der Waals surface area contributed by atoms with Crippen LogP contribution in [0.4, 0.5) is 19.1 Å². The molecule has 27 heavy (non-hydrogen) atoms. The molecule has 0 saturated heterocycles. The number of halogens is 3. The predicted octanol–water partition coefficient (Wildman–Crippen LogP) is 2.86. The van der Waals surface area contributed by atoms with Crippen molar-refractivity contribution in [2.24, 2.45) is 0 Å². The summed E-state index contributed by atoms with van der Waals surface area (Å²) in [4.78, 5) is 28.1. The largest absolute Gasteiger partial charge is 0.416 e. The van der Waals surface area contributed by atoms with Crippen molar-refractivity contribution in [2.45, 2.75) is 19.6 Å². The molecule has 3 rings (SSSR count).